The molecule has 0 heterocycles. The maximum absolute atomic E-state index is 9.48. The molecule has 8 heavy (non-hydrogen) atoms. The van der Waals surface area contributed by atoms with Gasteiger partial charge in [-0.05, 0) is 0 Å². The number of carbonyl (C=O) groups excluding carboxylic acids is 1. The summed E-state index contributed by atoms with van der Waals surface area (Å²) in [6.45, 7) is -0.166. The first-order valence-corrected chi connectivity index (χ1v) is 2.04. The molecule has 0 aliphatic carbocycles. The third-order valence-electron chi connectivity index (χ3n) is 0.643. The zero-order valence-corrected chi connectivity index (χ0v) is 4.16. The highest BCUT2D eigenvalue weighted by atomic mass is 16.3. The Morgan fingerprint density at radius 1 is 1.88 bits per heavy atom. The number of hydrogen-bond acceptors (Lipinski definition) is 4. The van der Waals surface area contributed by atoms with Gasteiger partial charge in [-0.2, -0.15) is 0 Å². The minimum atomic E-state index is -1.26. The molecule has 0 bridgehead atoms. The number of rotatable bonds is 2. The standard InChI is InChI=1S/C4H7NO3/c5-1-3(7)4(8)2-6/h3,7-8H,1,5H2. The monoisotopic (exact) mass is 117 g/mol. The van der Waals surface area contributed by atoms with Crippen LogP contribution in [0.2, 0.25) is 0 Å². The Morgan fingerprint density at radius 3 is 2.50 bits per heavy atom. The summed E-state index contributed by atoms with van der Waals surface area (Å²) in [6.07, 6.45) is -1.26. The number of nitrogens with two attached hydrogens (primary N) is 1. The number of aliphatic hydroxyl groups is 2. The lowest BCUT2D eigenvalue weighted by atomic mass is 10.3. The number of aliphatic hydroxyl groups excluding tert-OH is 2. The smallest absolute Gasteiger partial charge is 0.207 e. The van der Waals surface area contributed by atoms with Gasteiger partial charge in [0, 0.05) is 6.54 Å². The minimum Gasteiger partial charge on any atom is -0.500 e. The third-order valence-corrected chi connectivity index (χ3v) is 0.643. The number of hydrogen-bond donors (Lipinski definition) is 3. The van der Waals surface area contributed by atoms with Crippen LogP contribution in [0, 0.1) is 0 Å². The molecule has 0 aromatic heterocycles. The van der Waals surface area contributed by atoms with Crippen molar-refractivity contribution >= 4 is 5.94 Å². The van der Waals surface area contributed by atoms with Crippen LogP contribution in [0.4, 0.5) is 0 Å². The Morgan fingerprint density at radius 2 is 2.38 bits per heavy atom. The van der Waals surface area contributed by atoms with Gasteiger partial charge in [0.05, 0.1) is 0 Å². The Balaban J connectivity index is 3.82. The summed E-state index contributed by atoms with van der Waals surface area (Å²) in [5.74, 6) is 0.365. The molecule has 0 saturated heterocycles. The van der Waals surface area contributed by atoms with Crippen LogP contribution in [-0.4, -0.2) is 28.8 Å². The van der Waals surface area contributed by atoms with Gasteiger partial charge in [0.1, 0.15) is 6.10 Å². The maximum Gasteiger partial charge on any atom is 0.207 e. The molecule has 4 N–H and O–H groups in total. The van der Waals surface area contributed by atoms with Crippen LogP contribution in [0.25, 0.3) is 0 Å². The maximum atomic E-state index is 9.48. The molecule has 0 radical (unpaired) electrons. The van der Waals surface area contributed by atoms with Gasteiger partial charge < -0.3 is 15.9 Å². The highest BCUT2D eigenvalue weighted by Crippen LogP contribution is 1.87. The third kappa shape index (κ3) is 1.75. The summed E-state index contributed by atoms with van der Waals surface area (Å²) in [4.78, 5) is 9.48. The molecule has 0 amide bonds. The van der Waals surface area contributed by atoms with E-state index < -0.39 is 11.9 Å². The lowest BCUT2D eigenvalue weighted by molar-refractivity contribution is 0.163. The van der Waals surface area contributed by atoms with Crippen molar-refractivity contribution in [2.24, 2.45) is 5.73 Å². The quantitative estimate of drug-likeness (QED) is 0.306. The molecule has 0 aliphatic heterocycles. The molecule has 1 atom stereocenters. The second-order valence-corrected chi connectivity index (χ2v) is 1.24. The highest BCUT2D eigenvalue weighted by molar-refractivity contribution is 5.50. The van der Waals surface area contributed by atoms with Crippen LogP contribution in [-0.2, 0) is 4.79 Å². The van der Waals surface area contributed by atoms with Crippen LogP contribution in [0.1, 0.15) is 0 Å². The van der Waals surface area contributed by atoms with Gasteiger partial charge >= 0.3 is 0 Å². The van der Waals surface area contributed by atoms with Crippen molar-refractivity contribution in [2.75, 3.05) is 6.54 Å². The summed E-state index contributed by atoms with van der Waals surface area (Å²) in [7, 11) is 0. The highest BCUT2D eigenvalue weighted by Gasteiger charge is 2.05. The lowest BCUT2D eigenvalue weighted by Crippen LogP contribution is -2.21. The molecule has 4 heteroatoms. The van der Waals surface area contributed by atoms with Crippen LogP contribution >= 0.6 is 0 Å². The predicted molar refractivity (Wildman–Crippen MR) is 26.9 cm³/mol. The topological polar surface area (TPSA) is 83.6 Å². The van der Waals surface area contributed by atoms with E-state index in [-0.39, 0.29) is 6.54 Å². The lowest BCUT2D eigenvalue weighted by Gasteiger charge is -1.99. The minimum absolute atomic E-state index is 0.166. The summed E-state index contributed by atoms with van der Waals surface area (Å²) < 4.78 is 0. The summed E-state index contributed by atoms with van der Waals surface area (Å²) >= 11 is 0. The van der Waals surface area contributed by atoms with E-state index in [1.807, 2.05) is 0 Å². The Kier molecular flexibility index (Phi) is 2.88. The molecule has 1 unspecified atom stereocenters. The van der Waals surface area contributed by atoms with E-state index in [0.29, 0.717) is 0 Å². The van der Waals surface area contributed by atoms with Crippen molar-refractivity contribution in [3.8, 4) is 0 Å². The van der Waals surface area contributed by atoms with Gasteiger partial charge in [-0.25, -0.2) is 4.79 Å². The van der Waals surface area contributed by atoms with Crippen molar-refractivity contribution in [1.29, 1.82) is 0 Å². The van der Waals surface area contributed by atoms with Crippen molar-refractivity contribution in [2.45, 2.75) is 6.10 Å². The zero-order valence-electron chi connectivity index (χ0n) is 4.16. The van der Waals surface area contributed by atoms with Gasteiger partial charge in [0.15, 0.2) is 5.94 Å². The summed E-state index contributed by atoms with van der Waals surface area (Å²) in [5, 5.41) is 16.7. The molecular weight excluding hydrogens is 110 g/mol. The normalized spacial score (nSPS) is 12.2. The molecule has 0 spiro atoms. The predicted octanol–water partition coefficient (Wildman–Crippen LogP) is -1.42. The van der Waals surface area contributed by atoms with E-state index in [9.17, 15) is 4.79 Å². The SMILES string of the molecule is NCC(O)C(O)=C=O. The van der Waals surface area contributed by atoms with E-state index in [4.69, 9.17) is 15.9 Å². The van der Waals surface area contributed by atoms with Crippen molar-refractivity contribution in [3.63, 3.8) is 0 Å². The molecule has 46 valence electrons. The van der Waals surface area contributed by atoms with Crippen LogP contribution in [0.3, 0.4) is 0 Å². The fourth-order valence-electron chi connectivity index (χ4n) is 0.180. The van der Waals surface area contributed by atoms with E-state index >= 15 is 0 Å². The molecule has 0 aromatic carbocycles. The van der Waals surface area contributed by atoms with Crippen molar-refractivity contribution in [1.82, 2.24) is 0 Å². The molecule has 0 aromatic rings. The second kappa shape index (κ2) is 3.21. The Labute approximate surface area is 46.2 Å². The van der Waals surface area contributed by atoms with Crippen molar-refractivity contribution in [3.05, 3.63) is 5.76 Å². The van der Waals surface area contributed by atoms with Gasteiger partial charge in [0.25, 0.3) is 0 Å². The van der Waals surface area contributed by atoms with E-state index in [0.717, 1.165) is 5.94 Å². The fraction of sp³-hybridized carbons (Fsp3) is 0.500. The first-order chi connectivity index (χ1) is 3.72. The van der Waals surface area contributed by atoms with Crippen LogP contribution < -0.4 is 5.73 Å². The molecule has 4 nitrogen and oxygen atoms in total. The van der Waals surface area contributed by atoms with E-state index in [1.54, 1.807) is 0 Å². The first kappa shape index (κ1) is 7.17. The molecule has 0 rings (SSSR count). The molecular formula is C4H7NO3. The average Bonchev–Trinajstić information content (AvgIpc) is 1.84. The first-order valence-electron chi connectivity index (χ1n) is 2.04. The second-order valence-electron chi connectivity index (χ2n) is 1.24. The van der Waals surface area contributed by atoms with Gasteiger partial charge in [-0.15, -0.1) is 0 Å². The molecule has 0 aliphatic rings. The van der Waals surface area contributed by atoms with Crippen molar-refractivity contribution < 1.29 is 15.0 Å². The van der Waals surface area contributed by atoms with E-state index in [2.05, 4.69) is 0 Å². The van der Waals surface area contributed by atoms with Gasteiger partial charge in [-0.3, -0.25) is 0 Å². The van der Waals surface area contributed by atoms with Crippen LogP contribution in [0.5, 0.6) is 0 Å². The average molecular weight is 117 g/mol. The largest absolute Gasteiger partial charge is 0.500 e. The summed E-state index contributed by atoms with van der Waals surface area (Å²) in [6, 6.07) is 0. The summed E-state index contributed by atoms with van der Waals surface area (Å²) in [5.41, 5.74) is 4.84. The molecule has 0 fully saturated rings. The zero-order chi connectivity index (χ0) is 6.57. The van der Waals surface area contributed by atoms with Gasteiger partial charge in [-0.1, -0.05) is 0 Å². The van der Waals surface area contributed by atoms with Gasteiger partial charge in [0.2, 0.25) is 5.76 Å². The van der Waals surface area contributed by atoms with Crippen LogP contribution in [0.15, 0.2) is 5.76 Å². The fourth-order valence-corrected chi connectivity index (χ4v) is 0.180. The van der Waals surface area contributed by atoms with E-state index in [1.165, 1.54) is 0 Å². The molecule has 0 saturated carbocycles. The Hall–Kier alpha value is -0.830. The Bertz CT molecular complexity index is 116.